The quantitative estimate of drug-likeness (QED) is 0.371. The Bertz CT molecular complexity index is 963. The molecule has 9 nitrogen and oxygen atoms in total. The summed E-state index contributed by atoms with van der Waals surface area (Å²) in [4.78, 5) is 38.1. The Morgan fingerprint density at radius 1 is 1.31 bits per heavy atom. The Morgan fingerprint density at radius 2 is 2.00 bits per heavy atom. The number of aliphatic hydroxyl groups excluding tert-OH is 1. The summed E-state index contributed by atoms with van der Waals surface area (Å²) in [6, 6.07) is 0. The van der Waals surface area contributed by atoms with Crippen LogP contribution in [0.4, 0.5) is 0 Å². The molecule has 4 heterocycles. The smallest absolute Gasteiger partial charge is 0.342 e. The number of ether oxygens (including phenoxy) is 4. The highest BCUT2D eigenvalue weighted by molar-refractivity contribution is 5.96. The van der Waals surface area contributed by atoms with Crippen LogP contribution in [0.15, 0.2) is 36.1 Å². The molecule has 174 valence electrons. The van der Waals surface area contributed by atoms with Crippen molar-refractivity contribution in [3.05, 3.63) is 36.1 Å². The highest BCUT2D eigenvalue weighted by Crippen LogP contribution is 2.62. The van der Waals surface area contributed by atoms with Crippen LogP contribution in [0.25, 0.3) is 0 Å². The number of carbonyl (C=O) groups is 3. The van der Waals surface area contributed by atoms with Crippen LogP contribution in [-0.2, 0) is 33.3 Å². The minimum atomic E-state index is -1.76. The lowest BCUT2D eigenvalue weighted by Crippen LogP contribution is -2.70. The first-order valence-corrected chi connectivity index (χ1v) is 10.7. The molecule has 6 atom stereocenters. The highest BCUT2D eigenvalue weighted by atomic mass is 16.7. The Morgan fingerprint density at radius 3 is 2.62 bits per heavy atom. The molecule has 2 bridgehead atoms. The van der Waals surface area contributed by atoms with Gasteiger partial charge in [-0.3, -0.25) is 4.79 Å². The van der Waals surface area contributed by atoms with Crippen molar-refractivity contribution in [1.82, 2.24) is 0 Å². The van der Waals surface area contributed by atoms with E-state index in [0.717, 1.165) is 0 Å². The number of carbonyl (C=O) groups excluding carboxylic acids is 3. The molecule has 0 saturated carbocycles. The molecule has 9 heteroatoms. The van der Waals surface area contributed by atoms with E-state index in [1.165, 1.54) is 6.08 Å². The fourth-order valence-electron chi connectivity index (χ4n) is 5.50. The van der Waals surface area contributed by atoms with Crippen molar-refractivity contribution >= 4 is 17.9 Å². The average molecular weight is 448 g/mol. The van der Waals surface area contributed by atoms with E-state index >= 15 is 0 Å². The summed E-state index contributed by atoms with van der Waals surface area (Å²) < 4.78 is 23.6. The van der Waals surface area contributed by atoms with E-state index in [0.29, 0.717) is 6.42 Å². The van der Waals surface area contributed by atoms with Crippen molar-refractivity contribution in [3.8, 4) is 0 Å². The molecular weight excluding hydrogens is 420 g/mol. The van der Waals surface area contributed by atoms with Gasteiger partial charge in [0.2, 0.25) is 0 Å². The van der Waals surface area contributed by atoms with Gasteiger partial charge in [-0.15, -0.1) is 0 Å². The number of aliphatic hydroxyl groups is 2. The van der Waals surface area contributed by atoms with Crippen LogP contribution in [0, 0.1) is 5.92 Å². The summed E-state index contributed by atoms with van der Waals surface area (Å²) in [7, 11) is 0. The van der Waals surface area contributed by atoms with Crippen molar-refractivity contribution in [1.29, 1.82) is 0 Å². The minimum Gasteiger partial charge on any atom is -0.456 e. The van der Waals surface area contributed by atoms with Crippen LogP contribution in [0.3, 0.4) is 0 Å². The van der Waals surface area contributed by atoms with Gasteiger partial charge in [-0.05, 0) is 39.2 Å². The van der Waals surface area contributed by atoms with Gasteiger partial charge < -0.3 is 29.2 Å². The lowest BCUT2D eigenvalue weighted by Gasteiger charge is -2.56. The van der Waals surface area contributed by atoms with Gasteiger partial charge in [0.25, 0.3) is 0 Å². The third-order valence-corrected chi connectivity index (χ3v) is 7.28. The van der Waals surface area contributed by atoms with E-state index in [2.05, 4.69) is 13.2 Å². The molecule has 0 unspecified atom stereocenters. The van der Waals surface area contributed by atoms with Gasteiger partial charge in [0.05, 0.1) is 29.3 Å². The molecule has 4 aliphatic heterocycles. The number of hydrogen-bond acceptors (Lipinski definition) is 9. The molecule has 0 aromatic heterocycles. The molecule has 0 aromatic rings. The van der Waals surface area contributed by atoms with Crippen LogP contribution in [0.1, 0.15) is 46.5 Å². The number of hydrogen-bond donors (Lipinski definition) is 2. The third-order valence-electron chi connectivity index (χ3n) is 7.28. The number of rotatable bonds is 4. The second-order valence-corrected chi connectivity index (χ2v) is 9.43. The van der Waals surface area contributed by atoms with Crippen LogP contribution in [0.5, 0.6) is 0 Å². The molecule has 32 heavy (non-hydrogen) atoms. The topological polar surface area (TPSA) is 129 Å². The fourth-order valence-corrected chi connectivity index (χ4v) is 5.50. The first kappa shape index (κ1) is 22.7. The fraction of sp³-hybridized carbons (Fsp3) is 0.609. The van der Waals surface area contributed by atoms with Gasteiger partial charge in [0.15, 0.2) is 5.60 Å². The maximum Gasteiger partial charge on any atom is 0.342 e. The second kappa shape index (κ2) is 7.00. The van der Waals surface area contributed by atoms with Crippen LogP contribution < -0.4 is 0 Å². The minimum absolute atomic E-state index is 0.00513. The summed E-state index contributed by atoms with van der Waals surface area (Å²) in [5.41, 5.74) is -5.91. The van der Waals surface area contributed by atoms with Gasteiger partial charge in [-0.2, -0.15) is 0 Å². The van der Waals surface area contributed by atoms with Gasteiger partial charge in [-0.25, -0.2) is 9.59 Å². The van der Waals surface area contributed by atoms with E-state index in [4.69, 9.17) is 18.9 Å². The van der Waals surface area contributed by atoms with Crippen molar-refractivity contribution in [3.63, 3.8) is 0 Å². The monoisotopic (exact) mass is 448 g/mol. The zero-order valence-electron chi connectivity index (χ0n) is 18.4. The average Bonchev–Trinajstić information content (AvgIpc) is 3.06. The molecule has 0 radical (unpaired) electrons. The van der Waals surface area contributed by atoms with Gasteiger partial charge in [0.1, 0.15) is 23.1 Å². The summed E-state index contributed by atoms with van der Waals surface area (Å²) in [6.07, 6.45) is 1.04. The predicted molar refractivity (Wildman–Crippen MR) is 109 cm³/mol. The summed E-state index contributed by atoms with van der Waals surface area (Å²) in [5.74, 6) is -2.86. The largest absolute Gasteiger partial charge is 0.456 e. The molecule has 2 N–H and O–H groups in total. The Balaban J connectivity index is 1.95. The zero-order valence-corrected chi connectivity index (χ0v) is 18.4. The molecule has 4 rings (SSSR count). The molecule has 0 aliphatic carbocycles. The van der Waals surface area contributed by atoms with Crippen LogP contribution in [-0.4, -0.2) is 63.2 Å². The Labute approximate surface area is 185 Å². The highest BCUT2D eigenvalue weighted by Gasteiger charge is 2.76. The van der Waals surface area contributed by atoms with E-state index in [9.17, 15) is 24.6 Å². The summed E-state index contributed by atoms with van der Waals surface area (Å²) >= 11 is 0. The van der Waals surface area contributed by atoms with Crippen LogP contribution >= 0.6 is 0 Å². The van der Waals surface area contributed by atoms with E-state index in [-0.39, 0.29) is 36.2 Å². The van der Waals surface area contributed by atoms with Crippen molar-refractivity contribution < 1.29 is 43.5 Å². The van der Waals surface area contributed by atoms with Crippen LogP contribution in [0.2, 0.25) is 0 Å². The zero-order chi connectivity index (χ0) is 23.7. The Kier molecular flexibility index (Phi) is 4.97. The lowest BCUT2D eigenvalue weighted by molar-refractivity contribution is -0.282. The van der Waals surface area contributed by atoms with E-state index < -0.39 is 58.9 Å². The molecule has 0 aromatic carbocycles. The van der Waals surface area contributed by atoms with E-state index in [1.54, 1.807) is 13.8 Å². The summed E-state index contributed by atoms with van der Waals surface area (Å²) in [6.45, 7) is 11.8. The second-order valence-electron chi connectivity index (χ2n) is 9.43. The third kappa shape index (κ3) is 2.84. The SMILES string of the molecule is C=C(CO)C(=O)O[C@H]1C[C@@]2(C)OC(=O)[C@H](CC)[C@]23CC[C@@](C)(O)C=C2OC(=O)C(=C)[C@@]21O3. The maximum absolute atomic E-state index is 12.9. The number of esters is 3. The first-order chi connectivity index (χ1) is 14.9. The molecule has 4 aliphatic rings. The van der Waals surface area contributed by atoms with Gasteiger partial charge >= 0.3 is 17.9 Å². The van der Waals surface area contributed by atoms with Crippen molar-refractivity contribution in [2.45, 2.75) is 75.0 Å². The Hall–Kier alpha value is -2.49. The van der Waals surface area contributed by atoms with Crippen molar-refractivity contribution in [2.24, 2.45) is 5.92 Å². The lowest BCUT2D eigenvalue weighted by atomic mass is 9.63. The van der Waals surface area contributed by atoms with Gasteiger partial charge in [0, 0.05) is 6.42 Å². The standard InChI is InChI=1S/C23H28O9/c1-6-14-19(27)31-21(5)10-16(29-17(25)12(2)11-24)23-13(3)18(26)30-15(23)9-20(4,28)7-8-22(14,21)32-23/h9,14,16,24,28H,2-3,6-8,10-11H2,1,4-5H3/t14-,16-,20+,21+,22+,23+/m0/s1. The molecule has 2 spiro atoms. The van der Waals surface area contributed by atoms with Crippen molar-refractivity contribution in [2.75, 3.05) is 6.61 Å². The van der Waals surface area contributed by atoms with Gasteiger partial charge in [-0.1, -0.05) is 20.1 Å². The van der Waals surface area contributed by atoms with E-state index in [1.807, 2.05) is 6.92 Å². The molecule has 3 fully saturated rings. The predicted octanol–water partition coefficient (Wildman–Crippen LogP) is 1.23. The molecular formula is C23H28O9. The normalized spacial score (nSPS) is 42.7. The maximum atomic E-state index is 12.9. The molecule has 3 saturated heterocycles. The first-order valence-electron chi connectivity index (χ1n) is 10.7. The summed E-state index contributed by atoms with van der Waals surface area (Å²) in [5, 5.41) is 20.3. The molecule has 0 amide bonds.